The van der Waals surface area contributed by atoms with Crippen LogP contribution in [0.2, 0.25) is 0 Å². The monoisotopic (exact) mass is 349 g/mol. The summed E-state index contributed by atoms with van der Waals surface area (Å²) < 4.78 is 6.27. The number of hydrogen-bond acceptors (Lipinski definition) is 5. The molecule has 2 aromatic heterocycles. The van der Waals surface area contributed by atoms with Gasteiger partial charge in [0, 0.05) is 5.69 Å². The van der Waals surface area contributed by atoms with Gasteiger partial charge in [0.1, 0.15) is 6.33 Å². The Kier molecular flexibility index (Phi) is 4.24. The van der Waals surface area contributed by atoms with E-state index in [1.807, 2.05) is 18.2 Å². The molecule has 0 spiro atoms. The van der Waals surface area contributed by atoms with Crippen LogP contribution in [-0.2, 0) is 24.1 Å². The highest BCUT2D eigenvalue weighted by atomic mass is 16.5. The van der Waals surface area contributed by atoms with Crippen LogP contribution < -0.4 is 5.56 Å². The zero-order valence-electron chi connectivity index (χ0n) is 14.6. The van der Waals surface area contributed by atoms with Crippen LogP contribution in [0.25, 0.3) is 11.0 Å². The number of aryl methyl sites for hydroxylation is 2. The van der Waals surface area contributed by atoms with Crippen molar-refractivity contribution in [3.8, 4) is 0 Å². The van der Waals surface area contributed by atoms with E-state index in [2.05, 4.69) is 9.97 Å². The number of hydrogen-bond donors (Lipinski definition) is 0. The van der Waals surface area contributed by atoms with Crippen molar-refractivity contribution in [1.82, 2.24) is 14.5 Å². The Bertz CT molecular complexity index is 1040. The van der Waals surface area contributed by atoms with Gasteiger partial charge in [-0.2, -0.15) is 0 Å². The van der Waals surface area contributed by atoms with Gasteiger partial charge in [0.05, 0.1) is 24.6 Å². The van der Waals surface area contributed by atoms with Gasteiger partial charge in [-0.3, -0.25) is 9.36 Å². The van der Waals surface area contributed by atoms with E-state index in [-0.39, 0.29) is 11.5 Å². The topological polar surface area (TPSA) is 74.1 Å². The molecule has 0 saturated carbocycles. The van der Waals surface area contributed by atoms with E-state index in [0.29, 0.717) is 23.1 Å². The lowest BCUT2D eigenvalue weighted by Crippen LogP contribution is -2.22. The number of carbonyl (C=O) groups excluding carboxylic acids is 1. The van der Waals surface area contributed by atoms with Gasteiger partial charge >= 0.3 is 5.97 Å². The average Bonchev–Trinajstić information content (AvgIpc) is 2.69. The maximum absolute atomic E-state index is 12.8. The molecule has 0 saturated heterocycles. The average molecular weight is 349 g/mol. The Morgan fingerprint density at radius 2 is 1.96 bits per heavy atom. The molecular formula is C20H19N3O3. The normalized spacial score (nSPS) is 13.4. The first-order valence-electron chi connectivity index (χ1n) is 8.71. The largest absolute Gasteiger partial charge is 0.465 e. The molecule has 6 nitrogen and oxygen atoms in total. The second kappa shape index (κ2) is 6.71. The van der Waals surface area contributed by atoms with Gasteiger partial charge in [-0.1, -0.05) is 12.1 Å². The number of ether oxygens (including phenoxy) is 1. The third kappa shape index (κ3) is 2.98. The van der Waals surface area contributed by atoms with Crippen molar-refractivity contribution in [2.45, 2.75) is 32.2 Å². The van der Waals surface area contributed by atoms with Crippen molar-refractivity contribution in [3.63, 3.8) is 0 Å². The van der Waals surface area contributed by atoms with Crippen LogP contribution in [0.15, 0.2) is 41.5 Å². The maximum Gasteiger partial charge on any atom is 0.337 e. The van der Waals surface area contributed by atoms with Crippen molar-refractivity contribution in [2.75, 3.05) is 7.11 Å². The van der Waals surface area contributed by atoms with E-state index in [0.717, 1.165) is 36.9 Å². The molecule has 0 amide bonds. The molecule has 0 fully saturated rings. The summed E-state index contributed by atoms with van der Waals surface area (Å²) in [6.07, 6.45) is 5.76. The molecule has 6 heteroatoms. The Balaban J connectivity index is 1.67. The smallest absolute Gasteiger partial charge is 0.337 e. The van der Waals surface area contributed by atoms with E-state index in [1.165, 1.54) is 12.7 Å². The Morgan fingerprint density at radius 3 is 2.73 bits per heavy atom. The summed E-state index contributed by atoms with van der Waals surface area (Å²) in [5, 5.41) is 0.569. The van der Waals surface area contributed by atoms with Gasteiger partial charge in [-0.05, 0) is 55.0 Å². The van der Waals surface area contributed by atoms with Gasteiger partial charge in [0.15, 0.2) is 5.65 Å². The zero-order chi connectivity index (χ0) is 18.1. The Hall–Kier alpha value is -3.02. The number of fused-ring (bicyclic) bond motifs is 2. The van der Waals surface area contributed by atoms with Crippen molar-refractivity contribution in [3.05, 3.63) is 69.4 Å². The fourth-order valence-corrected chi connectivity index (χ4v) is 3.38. The predicted molar refractivity (Wildman–Crippen MR) is 97.3 cm³/mol. The molecule has 1 aromatic carbocycles. The standard InChI is InChI=1S/C20H19N3O3/c1-26-20(25)14-8-6-13(7-9-14)11-23-12-21-18-16(19(23)24)10-15-4-2-3-5-17(15)22-18/h6-10,12H,2-5,11H2,1H3. The Morgan fingerprint density at radius 1 is 1.19 bits per heavy atom. The van der Waals surface area contributed by atoms with E-state index in [9.17, 15) is 9.59 Å². The molecule has 1 aliphatic rings. The van der Waals surface area contributed by atoms with Gasteiger partial charge in [0.2, 0.25) is 0 Å². The fraction of sp³-hybridized carbons (Fsp3) is 0.300. The van der Waals surface area contributed by atoms with Crippen molar-refractivity contribution in [2.24, 2.45) is 0 Å². The molecule has 0 atom stereocenters. The predicted octanol–water partition coefficient (Wildman–Crippen LogP) is 2.51. The zero-order valence-corrected chi connectivity index (χ0v) is 14.6. The molecule has 3 aromatic rings. The minimum Gasteiger partial charge on any atom is -0.465 e. The number of aromatic nitrogens is 3. The first-order chi connectivity index (χ1) is 12.7. The van der Waals surface area contributed by atoms with Crippen LogP contribution >= 0.6 is 0 Å². The summed E-state index contributed by atoms with van der Waals surface area (Å²) in [5.41, 5.74) is 4.07. The van der Waals surface area contributed by atoms with E-state index < -0.39 is 0 Å². The first kappa shape index (κ1) is 16.4. The van der Waals surface area contributed by atoms with Crippen LogP contribution in [-0.4, -0.2) is 27.6 Å². The van der Waals surface area contributed by atoms with E-state index in [1.54, 1.807) is 23.0 Å². The van der Waals surface area contributed by atoms with E-state index in [4.69, 9.17) is 4.74 Å². The SMILES string of the molecule is COC(=O)c1ccc(Cn2cnc3nc4c(cc3c2=O)CCCC4)cc1. The van der Waals surface area contributed by atoms with Crippen LogP contribution in [0.1, 0.15) is 40.0 Å². The minimum absolute atomic E-state index is 0.0899. The lowest BCUT2D eigenvalue weighted by atomic mass is 9.95. The van der Waals surface area contributed by atoms with Gasteiger partial charge < -0.3 is 4.74 Å². The number of pyridine rings is 1. The second-order valence-electron chi connectivity index (χ2n) is 6.54. The number of nitrogens with zero attached hydrogens (tertiary/aromatic N) is 3. The van der Waals surface area contributed by atoms with Crippen molar-refractivity contribution >= 4 is 17.0 Å². The van der Waals surface area contributed by atoms with Crippen molar-refractivity contribution in [1.29, 1.82) is 0 Å². The molecule has 0 radical (unpaired) electrons. The Labute approximate surface area is 150 Å². The number of methoxy groups -OCH3 is 1. The number of carbonyl (C=O) groups is 1. The first-order valence-corrected chi connectivity index (χ1v) is 8.71. The summed E-state index contributed by atoms with van der Waals surface area (Å²) in [7, 11) is 1.35. The third-order valence-corrected chi connectivity index (χ3v) is 4.82. The number of esters is 1. The molecule has 0 unspecified atom stereocenters. The van der Waals surface area contributed by atoms with Crippen LogP contribution in [0, 0.1) is 0 Å². The van der Waals surface area contributed by atoms with Crippen LogP contribution in [0.5, 0.6) is 0 Å². The van der Waals surface area contributed by atoms with Gasteiger partial charge in [0.25, 0.3) is 5.56 Å². The molecule has 0 bridgehead atoms. The molecule has 26 heavy (non-hydrogen) atoms. The quantitative estimate of drug-likeness (QED) is 0.679. The molecule has 132 valence electrons. The van der Waals surface area contributed by atoms with Gasteiger partial charge in [-0.25, -0.2) is 14.8 Å². The highest BCUT2D eigenvalue weighted by molar-refractivity contribution is 5.89. The fourth-order valence-electron chi connectivity index (χ4n) is 3.38. The molecule has 0 aliphatic heterocycles. The highest BCUT2D eigenvalue weighted by Crippen LogP contribution is 2.21. The lowest BCUT2D eigenvalue weighted by Gasteiger charge is -2.15. The van der Waals surface area contributed by atoms with Gasteiger partial charge in [-0.15, -0.1) is 0 Å². The highest BCUT2D eigenvalue weighted by Gasteiger charge is 2.15. The molecule has 4 rings (SSSR count). The summed E-state index contributed by atoms with van der Waals surface area (Å²) in [6.45, 7) is 0.389. The molecule has 0 N–H and O–H groups in total. The summed E-state index contributed by atoms with van der Waals surface area (Å²) >= 11 is 0. The molecule has 1 aliphatic carbocycles. The molecule has 2 heterocycles. The van der Waals surface area contributed by atoms with E-state index >= 15 is 0 Å². The summed E-state index contributed by atoms with van der Waals surface area (Å²) in [4.78, 5) is 33.3. The van der Waals surface area contributed by atoms with Crippen LogP contribution in [0.4, 0.5) is 0 Å². The summed E-state index contributed by atoms with van der Waals surface area (Å²) in [5.74, 6) is -0.378. The summed E-state index contributed by atoms with van der Waals surface area (Å²) in [6, 6.07) is 8.97. The second-order valence-corrected chi connectivity index (χ2v) is 6.54. The molecular weight excluding hydrogens is 330 g/mol. The van der Waals surface area contributed by atoms with Crippen LogP contribution in [0.3, 0.4) is 0 Å². The van der Waals surface area contributed by atoms with Crippen molar-refractivity contribution < 1.29 is 9.53 Å². The third-order valence-electron chi connectivity index (χ3n) is 4.82. The number of benzene rings is 1. The maximum atomic E-state index is 12.8. The lowest BCUT2D eigenvalue weighted by molar-refractivity contribution is 0.0600. The minimum atomic E-state index is -0.378. The number of rotatable bonds is 3.